The SMILES string of the molecule is CCCC1CCC(C(F)(F)Oc2ccc(OCC)c(F)c2C(F)F)CC1. The lowest BCUT2D eigenvalue weighted by Crippen LogP contribution is -2.37. The van der Waals surface area contributed by atoms with Gasteiger partial charge in [-0.25, -0.2) is 13.2 Å². The number of halogens is 5. The molecular formula is C19H25F5O2. The van der Waals surface area contributed by atoms with E-state index in [4.69, 9.17) is 4.74 Å². The molecule has 26 heavy (non-hydrogen) atoms. The molecule has 0 atom stereocenters. The van der Waals surface area contributed by atoms with Crippen LogP contribution in [0.2, 0.25) is 0 Å². The molecule has 0 radical (unpaired) electrons. The molecule has 0 N–H and O–H groups in total. The smallest absolute Gasteiger partial charge is 0.400 e. The molecule has 1 aliphatic carbocycles. The molecule has 0 spiro atoms. The van der Waals surface area contributed by atoms with E-state index in [2.05, 4.69) is 11.7 Å². The highest BCUT2D eigenvalue weighted by Crippen LogP contribution is 2.44. The van der Waals surface area contributed by atoms with E-state index in [-0.39, 0.29) is 19.4 Å². The first kappa shape index (κ1) is 20.8. The Balaban J connectivity index is 2.17. The lowest BCUT2D eigenvalue weighted by molar-refractivity contribution is -0.224. The molecule has 0 saturated heterocycles. The number of hydrogen-bond donors (Lipinski definition) is 0. The first-order valence-corrected chi connectivity index (χ1v) is 9.10. The predicted molar refractivity (Wildman–Crippen MR) is 88.5 cm³/mol. The Kier molecular flexibility index (Phi) is 7.12. The van der Waals surface area contributed by atoms with Crippen LogP contribution in [-0.4, -0.2) is 12.7 Å². The fourth-order valence-corrected chi connectivity index (χ4v) is 3.54. The minimum Gasteiger partial charge on any atom is -0.491 e. The number of hydrogen-bond acceptors (Lipinski definition) is 2. The van der Waals surface area contributed by atoms with Gasteiger partial charge in [-0.3, -0.25) is 0 Å². The van der Waals surface area contributed by atoms with Crippen molar-refractivity contribution in [3.8, 4) is 11.5 Å². The summed E-state index contributed by atoms with van der Waals surface area (Å²) in [6.07, 6.45) is -3.05. The molecule has 1 fully saturated rings. The van der Waals surface area contributed by atoms with Crippen molar-refractivity contribution in [2.24, 2.45) is 11.8 Å². The summed E-state index contributed by atoms with van der Waals surface area (Å²) in [4.78, 5) is 0. The van der Waals surface area contributed by atoms with E-state index in [0.29, 0.717) is 18.8 Å². The average molecular weight is 380 g/mol. The van der Waals surface area contributed by atoms with Crippen LogP contribution in [0.3, 0.4) is 0 Å². The standard InChI is InChI=1S/C19H25F5O2/c1-3-5-12-6-8-13(9-7-12)19(23,24)26-14-10-11-15(25-4-2)17(20)16(14)18(21)22/h10-13,18H,3-9H2,1-2H3. The molecule has 0 aliphatic heterocycles. The van der Waals surface area contributed by atoms with Crippen molar-refractivity contribution in [1.82, 2.24) is 0 Å². The molecule has 0 heterocycles. The zero-order chi connectivity index (χ0) is 19.3. The van der Waals surface area contributed by atoms with Gasteiger partial charge in [-0.2, -0.15) is 8.78 Å². The van der Waals surface area contributed by atoms with E-state index in [1.807, 2.05) is 0 Å². The summed E-state index contributed by atoms with van der Waals surface area (Å²) in [6, 6.07) is 1.96. The zero-order valence-electron chi connectivity index (χ0n) is 15.0. The third kappa shape index (κ3) is 4.80. The maximum atomic E-state index is 14.5. The van der Waals surface area contributed by atoms with E-state index >= 15 is 0 Å². The van der Waals surface area contributed by atoms with E-state index in [9.17, 15) is 22.0 Å². The highest BCUT2D eigenvalue weighted by atomic mass is 19.3. The number of ether oxygens (including phenoxy) is 2. The molecule has 148 valence electrons. The zero-order valence-corrected chi connectivity index (χ0v) is 15.0. The molecule has 0 unspecified atom stereocenters. The van der Waals surface area contributed by atoms with Crippen molar-refractivity contribution in [3.05, 3.63) is 23.5 Å². The van der Waals surface area contributed by atoms with Crippen LogP contribution in [0, 0.1) is 17.7 Å². The predicted octanol–water partition coefficient (Wildman–Crippen LogP) is 6.74. The van der Waals surface area contributed by atoms with Gasteiger partial charge in [0.05, 0.1) is 18.1 Å². The van der Waals surface area contributed by atoms with Gasteiger partial charge >= 0.3 is 6.11 Å². The summed E-state index contributed by atoms with van der Waals surface area (Å²) >= 11 is 0. The molecule has 2 nitrogen and oxygen atoms in total. The normalized spacial score (nSPS) is 21.1. The van der Waals surface area contributed by atoms with E-state index in [1.165, 1.54) is 0 Å². The fraction of sp³-hybridized carbons (Fsp3) is 0.684. The largest absolute Gasteiger partial charge is 0.491 e. The summed E-state index contributed by atoms with van der Waals surface area (Å²) in [5, 5.41) is 0. The molecule has 0 aromatic heterocycles. The van der Waals surface area contributed by atoms with Gasteiger partial charge in [0, 0.05) is 0 Å². The third-order valence-electron chi connectivity index (χ3n) is 4.89. The van der Waals surface area contributed by atoms with Gasteiger partial charge in [-0.1, -0.05) is 19.8 Å². The molecule has 1 aromatic carbocycles. The molecule has 1 aromatic rings. The van der Waals surface area contributed by atoms with Crippen LogP contribution in [-0.2, 0) is 0 Å². The molecule has 7 heteroatoms. The lowest BCUT2D eigenvalue weighted by Gasteiger charge is -2.33. The molecule has 1 aliphatic rings. The van der Waals surface area contributed by atoms with E-state index < -0.39 is 41.3 Å². The fourth-order valence-electron chi connectivity index (χ4n) is 3.54. The van der Waals surface area contributed by atoms with Crippen molar-refractivity contribution < 1.29 is 31.4 Å². The second-order valence-corrected chi connectivity index (χ2v) is 6.69. The van der Waals surface area contributed by atoms with Crippen molar-refractivity contribution in [2.45, 2.75) is 64.9 Å². The summed E-state index contributed by atoms with van der Waals surface area (Å²) in [5.41, 5.74) is -1.18. The third-order valence-corrected chi connectivity index (χ3v) is 4.89. The first-order chi connectivity index (χ1) is 12.3. The highest BCUT2D eigenvalue weighted by molar-refractivity contribution is 5.43. The highest BCUT2D eigenvalue weighted by Gasteiger charge is 2.45. The Hall–Kier alpha value is -1.53. The Morgan fingerprint density at radius 1 is 1.08 bits per heavy atom. The van der Waals surface area contributed by atoms with Crippen molar-refractivity contribution in [3.63, 3.8) is 0 Å². The molecule has 1 saturated carbocycles. The number of rotatable bonds is 8. The number of alkyl halides is 4. The van der Waals surface area contributed by atoms with Crippen LogP contribution in [0.5, 0.6) is 11.5 Å². The second kappa shape index (κ2) is 8.91. The van der Waals surface area contributed by atoms with Gasteiger partial charge in [0.2, 0.25) is 0 Å². The minimum absolute atomic E-state index is 0.0664. The molecular weight excluding hydrogens is 355 g/mol. The summed E-state index contributed by atoms with van der Waals surface area (Å²) in [6.45, 7) is 3.68. The summed E-state index contributed by atoms with van der Waals surface area (Å²) in [5.74, 6) is -3.23. The van der Waals surface area contributed by atoms with E-state index in [1.54, 1.807) is 6.92 Å². The van der Waals surface area contributed by atoms with Crippen LogP contribution in [0.15, 0.2) is 12.1 Å². The van der Waals surface area contributed by atoms with Crippen LogP contribution < -0.4 is 9.47 Å². The molecule has 0 amide bonds. The van der Waals surface area contributed by atoms with Gasteiger partial charge in [-0.05, 0) is 50.7 Å². The number of benzene rings is 1. The summed E-state index contributed by atoms with van der Waals surface area (Å²) in [7, 11) is 0. The van der Waals surface area contributed by atoms with Crippen LogP contribution >= 0.6 is 0 Å². The Bertz CT molecular complexity index is 584. The Labute approximate surface area is 150 Å². The van der Waals surface area contributed by atoms with Gasteiger partial charge < -0.3 is 9.47 Å². The van der Waals surface area contributed by atoms with Crippen molar-refractivity contribution >= 4 is 0 Å². The topological polar surface area (TPSA) is 18.5 Å². The second-order valence-electron chi connectivity index (χ2n) is 6.69. The Morgan fingerprint density at radius 3 is 2.23 bits per heavy atom. The minimum atomic E-state index is -3.62. The maximum absolute atomic E-state index is 14.5. The van der Waals surface area contributed by atoms with Crippen molar-refractivity contribution in [2.75, 3.05) is 6.61 Å². The molecule has 0 bridgehead atoms. The van der Waals surface area contributed by atoms with Crippen molar-refractivity contribution in [1.29, 1.82) is 0 Å². The quantitative estimate of drug-likeness (QED) is 0.465. The van der Waals surface area contributed by atoms with Gasteiger partial charge in [0.1, 0.15) is 5.75 Å². The van der Waals surface area contributed by atoms with Crippen LogP contribution in [0.1, 0.15) is 64.4 Å². The average Bonchev–Trinajstić information content (AvgIpc) is 2.58. The lowest BCUT2D eigenvalue weighted by atomic mass is 9.79. The first-order valence-electron chi connectivity index (χ1n) is 9.10. The Morgan fingerprint density at radius 2 is 1.69 bits per heavy atom. The maximum Gasteiger partial charge on any atom is 0.400 e. The van der Waals surface area contributed by atoms with E-state index in [0.717, 1.165) is 25.0 Å². The molecule has 2 rings (SSSR count). The van der Waals surface area contributed by atoms with Crippen LogP contribution in [0.4, 0.5) is 22.0 Å². The monoisotopic (exact) mass is 380 g/mol. The van der Waals surface area contributed by atoms with Crippen LogP contribution in [0.25, 0.3) is 0 Å². The van der Waals surface area contributed by atoms with Gasteiger partial charge in [0.25, 0.3) is 6.43 Å². The van der Waals surface area contributed by atoms with Gasteiger partial charge in [-0.15, -0.1) is 0 Å². The summed E-state index contributed by atoms with van der Waals surface area (Å²) < 4.78 is 79.2. The van der Waals surface area contributed by atoms with Gasteiger partial charge in [0.15, 0.2) is 11.6 Å².